The zero-order valence-electron chi connectivity index (χ0n) is 13.1. The second-order valence-electron chi connectivity index (χ2n) is 7.01. The van der Waals surface area contributed by atoms with Gasteiger partial charge in [-0.25, -0.2) is 4.79 Å². The summed E-state index contributed by atoms with van der Waals surface area (Å²) in [5.74, 6) is 0. The van der Waals surface area contributed by atoms with E-state index in [1.165, 1.54) is 5.69 Å². The van der Waals surface area contributed by atoms with E-state index in [4.69, 9.17) is 4.74 Å². The van der Waals surface area contributed by atoms with Crippen molar-refractivity contribution in [1.29, 1.82) is 0 Å². The first kappa shape index (κ1) is 14.2. The van der Waals surface area contributed by atoms with Crippen LogP contribution in [0.2, 0.25) is 0 Å². The van der Waals surface area contributed by atoms with E-state index >= 15 is 0 Å². The van der Waals surface area contributed by atoms with Gasteiger partial charge in [-0.15, -0.1) is 0 Å². The zero-order chi connectivity index (χ0) is 15.0. The number of piperidine rings is 2. The molecule has 0 aliphatic carbocycles. The third kappa shape index (κ3) is 2.99. The van der Waals surface area contributed by atoms with Gasteiger partial charge in [-0.3, -0.25) is 0 Å². The summed E-state index contributed by atoms with van der Waals surface area (Å²) < 4.78 is 5.54. The first-order valence-electron chi connectivity index (χ1n) is 7.75. The Bertz CT molecular complexity index is 509. The molecule has 0 radical (unpaired) electrons. The maximum atomic E-state index is 12.3. The Morgan fingerprint density at radius 2 is 1.76 bits per heavy atom. The number of hydrogen-bond donors (Lipinski definition) is 0. The van der Waals surface area contributed by atoms with E-state index in [1.54, 1.807) is 0 Å². The molecule has 1 aromatic carbocycles. The van der Waals surface area contributed by atoms with Crippen LogP contribution in [0.25, 0.3) is 0 Å². The lowest BCUT2D eigenvalue weighted by Gasteiger charge is -2.52. The van der Waals surface area contributed by atoms with Gasteiger partial charge in [0.1, 0.15) is 5.60 Å². The van der Waals surface area contributed by atoms with E-state index < -0.39 is 5.60 Å². The molecule has 0 N–H and O–H groups in total. The van der Waals surface area contributed by atoms with E-state index in [-0.39, 0.29) is 12.1 Å². The van der Waals surface area contributed by atoms with Gasteiger partial charge in [0.05, 0.1) is 6.04 Å². The average Bonchev–Trinajstić information content (AvgIpc) is 2.47. The highest BCUT2D eigenvalue weighted by atomic mass is 16.6. The number of carbonyl (C=O) groups excluding carboxylic acids is 1. The topological polar surface area (TPSA) is 32.8 Å². The molecule has 0 aromatic heterocycles. The Hall–Kier alpha value is -1.71. The molecule has 3 saturated heterocycles. The molecule has 0 unspecified atom stereocenters. The van der Waals surface area contributed by atoms with E-state index in [0.717, 1.165) is 25.9 Å². The third-order valence-electron chi connectivity index (χ3n) is 4.25. The fourth-order valence-corrected chi connectivity index (χ4v) is 3.31. The number of piperazine rings is 1. The number of hydrogen-bond acceptors (Lipinski definition) is 3. The number of carbonyl (C=O) groups is 1. The number of ether oxygens (including phenoxy) is 1. The van der Waals surface area contributed by atoms with Crippen LogP contribution in [0, 0.1) is 0 Å². The summed E-state index contributed by atoms with van der Waals surface area (Å²) in [4.78, 5) is 16.7. The van der Waals surface area contributed by atoms with Crippen molar-refractivity contribution in [3.8, 4) is 0 Å². The molecule has 0 spiro atoms. The second-order valence-corrected chi connectivity index (χ2v) is 7.01. The fourth-order valence-electron chi connectivity index (χ4n) is 3.31. The molecule has 1 aromatic rings. The molecule has 3 aliphatic rings. The number of para-hydroxylation sites is 1. The summed E-state index contributed by atoms with van der Waals surface area (Å²) in [7, 11) is 0. The number of anilines is 1. The summed E-state index contributed by atoms with van der Waals surface area (Å²) in [6.07, 6.45) is 2.07. The molecule has 4 rings (SSSR count). The van der Waals surface area contributed by atoms with Gasteiger partial charge >= 0.3 is 6.09 Å². The Morgan fingerprint density at radius 3 is 2.33 bits per heavy atom. The van der Waals surface area contributed by atoms with Crippen molar-refractivity contribution in [2.45, 2.75) is 51.3 Å². The van der Waals surface area contributed by atoms with E-state index in [2.05, 4.69) is 29.2 Å². The van der Waals surface area contributed by atoms with Crippen LogP contribution in [0.1, 0.15) is 33.6 Å². The van der Waals surface area contributed by atoms with Crippen LogP contribution in [0.15, 0.2) is 30.3 Å². The molecule has 1 amide bonds. The van der Waals surface area contributed by atoms with Crippen molar-refractivity contribution in [2.24, 2.45) is 0 Å². The van der Waals surface area contributed by atoms with Gasteiger partial charge in [-0.1, -0.05) is 18.2 Å². The molecule has 4 heteroatoms. The Kier molecular flexibility index (Phi) is 3.56. The predicted molar refractivity (Wildman–Crippen MR) is 83.5 cm³/mol. The van der Waals surface area contributed by atoms with Crippen molar-refractivity contribution < 1.29 is 9.53 Å². The summed E-state index contributed by atoms with van der Waals surface area (Å²) in [6.45, 7) is 7.44. The van der Waals surface area contributed by atoms with Crippen molar-refractivity contribution in [1.82, 2.24) is 4.90 Å². The van der Waals surface area contributed by atoms with Crippen LogP contribution in [-0.4, -0.2) is 41.8 Å². The first-order chi connectivity index (χ1) is 9.94. The maximum absolute atomic E-state index is 12.3. The lowest BCUT2D eigenvalue weighted by Crippen LogP contribution is -2.64. The van der Waals surface area contributed by atoms with Crippen molar-refractivity contribution in [2.75, 3.05) is 18.0 Å². The second kappa shape index (κ2) is 5.24. The monoisotopic (exact) mass is 288 g/mol. The minimum atomic E-state index is -0.424. The quantitative estimate of drug-likeness (QED) is 0.795. The highest BCUT2D eigenvalue weighted by molar-refractivity contribution is 5.69. The molecule has 2 atom stereocenters. The minimum Gasteiger partial charge on any atom is -0.444 e. The Balaban J connectivity index is 1.71. The van der Waals surface area contributed by atoms with Crippen molar-refractivity contribution >= 4 is 11.8 Å². The third-order valence-corrected chi connectivity index (χ3v) is 4.25. The van der Waals surface area contributed by atoms with Crippen LogP contribution < -0.4 is 4.90 Å². The molecule has 2 bridgehead atoms. The van der Waals surface area contributed by atoms with Crippen LogP contribution in [-0.2, 0) is 4.74 Å². The number of rotatable bonds is 1. The van der Waals surface area contributed by atoms with Crippen LogP contribution in [0.3, 0.4) is 0 Å². The summed E-state index contributed by atoms with van der Waals surface area (Å²) in [5.41, 5.74) is 0.837. The first-order valence-corrected chi connectivity index (χ1v) is 7.75. The molecule has 3 aliphatic heterocycles. The highest BCUT2D eigenvalue weighted by Crippen LogP contribution is 2.33. The van der Waals surface area contributed by atoms with E-state index in [9.17, 15) is 4.79 Å². The zero-order valence-corrected chi connectivity index (χ0v) is 13.1. The Morgan fingerprint density at radius 1 is 1.10 bits per heavy atom. The minimum absolute atomic E-state index is 0.162. The van der Waals surface area contributed by atoms with Gasteiger partial charge in [0.25, 0.3) is 0 Å². The number of fused-ring (bicyclic) bond motifs is 3. The molecule has 3 fully saturated rings. The molecular formula is C17H24N2O2. The summed E-state index contributed by atoms with van der Waals surface area (Å²) in [6, 6.07) is 11.2. The van der Waals surface area contributed by atoms with Gasteiger partial charge in [0.2, 0.25) is 0 Å². The van der Waals surface area contributed by atoms with Crippen molar-refractivity contribution in [3.05, 3.63) is 30.3 Å². The summed E-state index contributed by atoms with van der Waals surface area (Å²) in [5, 5.41) is 0. The highest BCUT2D eigenvalue weighted by Gasteiger charge is 2.42. The van der Waals surface area contributed by atoms with Crippen LogP contribution in [0.5, 0.6) is 0 Å². The fraction of sp³-hybridized carbons (Fsp3) is 0.588. The molecular weight excluding hydrogens is 264 g/mol. The molecule has 0 saturated carbocycles. The van der Waals surface area contributed by atoms with Gasteiger partial charge in [0.15, 0.2) is 0 Å². The smallest absolute Gasteiger partial charge is 0.410 e. The summed E-state index contributed by atoms with van der Waals surface area (Å²) >= 11 is 0. The molecule has 114 valence electrons. The van der Waals surface area contributed by atoms with Crippen molar-refractivity contribution in [3.63, 3.8) is 0 Å². The van der Waals surface area contributed by atoms with E-state index in [0.29, 0.717) is 6.04 Å². The standard InChI is InChI=1S/C17H24N2O2/c1-17(2,3)21-16(20)19-12-14-9-10-15(19)11-18(14)13-7-5-4-6-8-13/h4-8,14-15H,9-12H2,1-3H3/t14-,15-/m1/s1. The normalized spacial score (nSPS) is 25.1. The largest absolute Gasteiger partial charge is 0.444 e. The van der Waals surface area contributed by atoms with Crippen LogP contribution in [0.4, 0.5) is 10.5 Å². The lowest BCUT2D eigenvalue weighted by molar-refractivity contribution is 0.000888. The molecule has 3 heterocycles. The maximum Gasteiger partial charge on any atom is 0.410 e. The van der Waals surface area contributed by atoms with Gasteiger partial charge in [-0.2, -0.15) is 0 Å². The number of amides is 1. The molecule has 21 heavy (non-hydrogen) atoms. The predicted octanol–water partition coefficient (Wildman–Crippen LogP) is 3.27. The number of nitrogens with zero attached hydrogens (tertiary/aromatic N) is 2. The van der Waals surface area contributed by atoms with Gasteiger partial charge < -0.3 is 14.5 Å². The van der Waals surface area contributed by atoms with Crippen LogP contribution >= 0.6 is 0 Å². The van der Waals surface area contributed by atoms with E-state index in [1.807, 2.05) is 31.7 Å². The SMILES string of the molecule is CC(C)(C)OC(=O)N1C[C@H]2CC[C@@H]1CN2c1ccccc1. The lowest BCUT2D eigenvalue weighted by atomic mass is 9.90. The average molecular weight is 288 g/mol. The molecule has 4 nitrogen and oxygen atoms in total. The van der Waals surface area contributed by atoms with Gasteiger partial charge in [-0.05, 0) is 45.7 Å². The van der Waals surface area contributed by atoms with Gasteiger partial charge in [0, 0.05) is 24.8 Å². The Labute approximate surface area is 126 Å². The number of benzene rings is 1.